The molecule has 0 radical (unpaired) electrons. The van der Waals surface area contributed by atoms with Gasteiger partial charge in [0.05, 0.1) is 21.4 Å². The van der Waals surface area contributed by atoms with E-state index in [0.717, 1.165) is 0 Å². The number of rotatable bonds is 3. The van der Waals surface area contributed by atoms with Gasteiger partial charge in [-0.25, -0.2) is 0 Å². The van der Waals surface area contributed by atoms with E-state index in [0.29, 0.717) is 0 Å². The van der Waals surface area contributed by atoms with Gasteiger partial charge in [-0.1, -0.05) is 15.9 Å². The zero-order valence-electron chi connectivity index (χ0n) is 7.74. The normalized spacial score (nSPS) is 9.56. The van der Waals surface area contributed by atoms with Crippen molar-refractivity contribution in [2.45, 2.75) is 0 Å². The SMILES string of the molecule is N#Cc1ccc(C(=O)CBr)c([N+](=O)[O-])c1I. The van der Waals surface area contributed by atoms with Crippen LogP contribution in [0, 0.1) is 25.0 Å². The Morgan fingerprint density at radius 2 is 2.25 bits per heavy atom. The number of hydrogen-bond acceptors (Lipinski definition) is 4. The molecule has 0 N–H and O–H groups in total. The highest BCUT2D eigenvalue weighted by atomic mass is 127. The molecule has 0 spiro atoms. The van der Waals surface area contributed by atoms with Gasteiger partial charge in [-0.05, 0) is 34.7 Å². The lowest BCUT2D eigenvalue weighted by atomic mass is 10.1. The third-order valence-corrected chi connectivity index (χ3v) is 3.44. The largest absolute Gasteiger partial charge is 0.294 e. The quantitative estimate of drug-likeness (QED) is 0.259. The first-order chi connectivity index (χ1) is 7.52. The van der Waals surface area contributed by atoms with Gasteiger partial charge >= 0.3 is 0 Å². The van der Waals surface area contributed by atoms with Crippen LogP contribution in [0.25, 0.3) is 0 Å². The number of nitriles is 1. The summed E-state index contributed by atoms with van der Waals surface area (Å²) >= 11 is 4.66. The number of carbonyl (C=O) groups excluding carboxylic acids is 1. The third-order valence-electron chi connectivity index (χ3n) is 1.84. The summed E-state index contributed by atoms with van der Waals surface area (Å²) in [5.74, 6) is -0.380. The van der Waals surface area contributed by atoms with Gasteiger partial charge < -0.3 is 0 Å². The van der Waals surface area contributed by atoms with Crippen molar-refractivity contribution in [1.29, 1.82) is 5.26 Å². The number of carbonyl (C=O) groups is 1. The zero-order chi connectivity index (χ0) is 12.3. The molecular weight excluding hydrogens is 391 g/mol. The molecule has 16 heavy (non-hydrogen) atoms. The Morgan fingerprint density at radius 1 is 1.62 bits per heavy atom. The van der Waals surface area contributed by atoms with Gasteiger partial charge in [0.15, 0.2) is 5.78 Å². The molecule has 0 saturated carbocycles. The van der Waals surface area contributed by atoms with Crippen LogP contribution in [0.15, 0.2) is 12.1 Å². The summed E-state index contributed by atoms with van der Waals surface area (Å²) in [6, 6.07) is 4.56. The standard InChI is InChI=1S/C9H4BrIN2O3/c10-3-7(14)6-2-1-5(4-12)8(11)9(6)13(15)16/h1-2H,3H2. The van der Waals surface area contributed by atoms with Crippen molar-refractivity contribution in [3.05, 3.63) is 36.9 Å². The molecule has 0 saturated heterocycles. The highest BCUT2D eigenvalue weighted by molar-refractivity contribution is 14.1. The van der Waals surface area contributed by atoms with E-state index in [1.807, 2.05) is 6.07 Å². The van der Waals surface area contributed by atoms with E-state index in [1.165, 1.54) is 12.1 Å². The van der Waals surface area contributed by atoms with Crippen LogP contribution >= 0.6 is 38.5 Å². The van der Waals surface area contributed by atoms with E-state index in [1.54, 1.807) is 22.6 Å². The molecule has 0 heterocycles. The van der Waals surface area contributed by atoms with Gasteiger partial charge in [0.25, 0.3) is 5.69 Å². The van der Waals surface area contributed by atoms with Gasteiger partial charge in [-0.2, -0.15) is 5.26 Å². The Kier molecular flexibility index (Phi) is 4.37. The first-order valence-electron chi connectivity index (χ1n) is 3.99. The number of halogens is 2. The highest BCUT2D eigenvalue weighted by Crippen LogP contribution is 2.29. The lowest BCUT2D eigenvalue weighted by Crippen LogP contribution is -2.07. The van der Waals surface area contributed by atoms with E-state index < -0.39 is 4.92 Å². The summed E-state index contributed by atoms with van der Waals surface area (Å²) in [5.41, 5.74) is -0.0900. The molecule has 0 unspecified atom stereocenters. The van der Waals surface area contributed by atoms with Crippen LogP contribution in [0.5, 0.6) is 0 Å². The van der Waals surface area contributed by atoms with Crippen molar-refractivity contribution < 1.29 is 9.72 Å². The maximum Gasteiger partial charge on any atom is 0.294 e. The maximum absolute atomic E-state index is 11.5. The average molecular weight is 395 g/mol. The second kappa shape index (κ2) is 5.36. The second-order valence-corrected chi connectivity index (χ2v) is 4.39. The Hall–Kier alpha value is -1.01. The van der Waals surface area contributed by atoms with Gasteiger partial charge in [-0.15, -0.1) is 0 Å². The summed E-state index contributed by atoms with van der Waals surface area (Å²) in [7, 11) is 0. The molecule has 1 rings (SSSR count). The number of Topliss-reactive ketones (excluding diaryl/α,β-unsaturated/α-hetero) is 1. The van der Waals surface area contributed by atoms with E-state index in [2.05, 4.69) is 15.9 Å². The summed E-state index contributed by atoms with van der Waals surface area (Å²) in [6.07, 6.45) is 0. The number of alkyl halides is 1. The van der Waals surface area contributed by atoms with E-state index in [9.17, 15) is 14.9 Å². The fourth-order valence-corrected chi connectivity index (χ4v) is 2.22. The maximum atomic E-state index is 11.5. The molecule has 1 aromatic rings. The Balaban J connectivity index is 3.54. The predicted molar refractivity (Wildman–Crippen MR) is 68.7 cm³/mol. The molecule has 0 aliphatic rings. The molecule has 7 heteroatoms. The number of hydrogen-bond donors (Lipinski definition) is 0. The Bertz CT molecular complexity index is 510. The highest BCUT2D eigenvalue weighted by Gasteiger charge is 2.25. The summed E-state index contributed by atoms with van der Waals surface area (Å²) in [5, 5.41) is 19.6. The Morgan fingerprint density at radius 3 is 2.69 bits per heavy atom. The van der Waals surface area contributed by atoms with Crippen molar-refractivity contribution in [2.75, 3.05) is 5.33 Å². The summed E-state index contributed by atoms with van der Waals surface area (Å²) in [4.78, 5) is 21.7. The minimum absolute atomic E-state index is 0.00974. The molecule has 0 fully saturated rings. The van der Waals surface area contributed by atoms with Gasteiger partial charge in [0.2, 0.25) is 0 Å². The molecule has 0 atom stereocenters. The number of nitrogens with zero attached hydrogens (tertiary/aromatic N) is 2. The third kappa shape index (κ3) is 2.38. The van der Waals surface area contributed by atoms with Gasteiger partial charge in [-0.3, -0.25) is 14.9 Å². The van der Waals surface area contributed by atoms with Crippen LogP contribution in [0.3, 0.4) is 0 Å². The minimum Gasteiger partial charge on any atom is -0.293 e. The lowest BCUT2D eigenvalue weighted by molar-refractivity contribution is -0.386. The van der Waals surface area contributed by atoms with Crippen LogP contribution in [0.1, 0.15) is 15.9 Å². The number of nitro benzene ring substituents is 1. The van der Waals surface area contributed by atoms with E-state index in [4.69, 9.17) is 5.26 Å². The van der Waals surface area contributed by atoms with Gasteiger partial charge in [0.1, 0.15) is 9.64 Å². The molecule has 5 nitrogen and oxygen atoms in total. The molecule has 0 bridgehead atoms. The average Bonchev–Trinajstić information content (AvgIpc) is 2.26. The van der Waals surface area contributed by atoms with Crippen LogP contribution in [-0.4, -0.2) is 16.0 Å². The van der Waals surface area contributed by atoms with Gasteiger partial charge in [0, 0.05) is 0 Å². The van der Waals surface area contributed by atoms with Crippen molar-refractivity contribution in [3.8, 4) is 6.07 Å². The number of benzene rings is 1. The predicted octanol–water partition coefficient (Wildman–Crippen LogP) is 2.65. The zero-order valence-corrected chi connectivity index (χ0v) is 11.5. The molecule has 0 aliphatic heterocycles. The number of nitro groups is 1. The van der Waals surface area contributed by atoms with E-state index in [-0.39, 0.29) is 31.5 Å². The molecule has 0 aromatic heterocycles. The van der Waals surface area contributed by atoms with Crippen LogP contribution < -0.4 is 0 Å². The van der Waals surface area contributed by atoms with Crippen LogP contribution in [-0.2, 0) is 0 Å². The molecular formula is C9H4BrIN2O3. The fraction of sp³-hybridized carbons (Fsp3) is 0.111. The molecule has 0 amide bonds. The first-order valence-corrected chi connectivity index (χ1v) is 6.19. The lowest BCUT2D eigenvalue weighted by Gasteiger charge is -2.03. The Labute approximate surface area is 113 Å². The molecule has 0 aliphatic carbocycles. The molecule has 1 aromatic carbocycles. The fourth-order valence-electron chi connectivity index (χ4n) is 1.13. The van der Waals surface area contributed by atoms with Crippen molar-refractivity contribution in [2.24, 2.45) is 0 Å². The van der Waals surface area contributed by atoms with Crippen molar-refractivity contribution in [3.63, 3.8) is 0 Å². The van der Waals surface area contributed by atoms with E-state index >= 15 is 0 Å². The smallest absolute Gasteiger partial charge is 0.293 e. The topological polar surface area (TPSA) is 84.0 Å². The summed E-state index contributed by atoms with van der Waals surface area (Å²) < 4.78 is 0.192. The second-order valence-electron chi connectivity index (χ2n) is 2.75. The first kappa shape index (κ1) is 13.1. The van der Waals surface area contributed by atoms with Crippen LogP contribution in [0.4, 0.5) is 5.69 Å². The van der Waals surface area contributed by atoms with Crippen molar-refractivity contribution in [1.82, 2.24) is 0 Å². The summed E-state index contributed by atoms with van der Waals surface area (Å²) in [6.45, 7) is 0. The monoisotopic (exact) mass is 394 g/mol. The van der Waals surface area contributed by atoms with Crippen LogP contribution in [0.2, 0.25) is 0 Å². The van der Waals surface area contributed by atoms with Crippen molar-refractivity contribution >= 4 is 50.0 Å². The number of ketones is 1. The minimum atomic E-state index is -0.640. The molecule has 82 valence electrons.